The Bertz CT molecular complexity index is 122. The number of hydrogen-bond donors (Lipinski definition) is 0. The van der Waals surface area contributed by atoms with Crippen LogP contribution in [-0.2, 0) is 4.79 Å². The van der Waals surface area contributed by atoms with Gasteiger partial charge in [0.1, 0.15) is 5.78 Å². The average molecular weight is 191 g/mol. The van der Waals surface area contributed by atoms with Crippen LogP contribution in [0.25, 0.3) is 0 Å². The molecule has 0 bridgehead atoms. The Balaban J connectivity index is 2.44. The molecular weight excluding hydrogens is 180 g/mol. The first-order valence-electron chi connectivity index (χ1n) is 3.37. The summed E-state index contributed by atoms with van der Waals surface area (Å²) in [7, 11) is 0. The van der Waals surface area contributed by atoms with E-state index in [1.54, 1.807) is 0 Å². The van der Waals surface area contributed by atoms with Gasteiger partial charge in [0.25, 0.3) is 0 Å². The molecule has 1 nitrogen and oxygen atoms in total. The van der Waals surface area contributed by atoms with Gasteiger partial charge in [-0.05, 0) is 18.8 Å². The molecule has 0 aromatic rings. The standard InChI is InChI=1S/C7H11BrO/c1-5-2-3-6(8)7(9)4-5/h5-6H,2-4H2,1H3/t5-,6-/m0/s1. The summed E-state index contributed by atoms with van der Waals surface area (Å²) < 4.78 is 0. The third-order valence-corrected chi connectivity index (χ3v) is 2.78. The summed E-state index contributed by atoms with van der Waals surface area (Å²) in [6.07, 6.45) is 3.00. The molecule has 0 radical (unpaired) electrons. The van der Waals surface area contributed by atoms with Crippen molar-refractivity contribution in [3.63, 3.8) is 0 Å². The molecule has 9 heavy (non-hydrogen) atoms. The topological polar surface area (TPSA) is 17.1 Å². The molecule has 1 saturated carbocycles. The van der Waals surface area contributed by atoms with E-state index in [-0.39, 0.29) is 4.83 Å². The van der Waals surface area contributed by atoms with Gasteiger partial charge in [0, 0.05) is 6.42 Å². The van der Waals surface area contributed by atoms with Gasteiger partial charge in [-0.3, -0.25) is 4.79 Å². The van der Waals surface area contributed by atoms with E-state index in [2.05, 4.69) is 22.9 Å². The number of ketones is 1. The first kappa shape index (κ1) is 7.26. The number of halogens is 1. The fourth-order valence-electron chi connectivity index (χ4n) is 1.17. The molecule has 0 saturated heterocycles. The van der Waals surface area contributed by atoms with Crippen LogP contribution in [0.3, 0.4) is 0 Å². The van der Waals surface area contributed by atoms with Crippen molar-refractivity contribution in [1.29, 1.82) is 0 Å². The fourth-order valence-corrected chi connectivity index (χ4v) is 1.62. The lowest BCUT2D eigenvalue weighted by Gasteiger charge is -2.19. The molecular formula is C7H11BrO. The van der Waals surface area contributed by atoms with Crippen molar-refractivity contribution in [3.05, 3.63) is 0 Å². The van der Waals surface area contributed by atoms with Crippen molar-refractivity contribution in [1.82, 2.24) is 0 Å². The zero-order chi connectivity index (χ0) is 6.85. The molecule has 2 heteroatoms. The molecule has 0 aromatic carbocycles. The molecule has 2 atom stereocenters. The second kappa shape index (κ2) is 2.82. The van der Waals surface area contributed by atoms with Gasteiger partial charge in [0.15, 0.2) is 0 Å². The van der Waals surface area contributed by atoms with E-state index in [4.69, 9.17) is 0 Å². The third-order valence-electron chi connectivity index (χ3n) is 1.81. The van der Waals surface area contributed by atoms with Crippen molar-refractivity contribution in [2.75, 3.05) is 0 Å². The molecule has 0 amide bonds. The number of carbonyl (C=O) groups is 1. The Labute approximate surface area is 64.0 Å². The maximum absolute atomic E-state index is 11.0. The smallest absolute Gasteiger partial charge is 0.146 e. The number of Topliss-reactive ketones (excluding diaryl/α,β-unsaturated/α-hetero) is 1. The molecule has 0 spiro atoms. The highest BCUT2D eigenvalue weighted by Crippen LogP contribution is 2.25. The summed E-state index contributed by atoms with van der Waals surface area (Å²) in [4.78, 5) is 11.1. The van der Waals surface area contributed by atoms with Crippen molar-refractivity contribution >= 4 is 21.7 Å². The maximum Gasteiger partial charge on any atom is 0.146 e. The molecule has 1 aliphatic rings. The largest absolute Gasteiger partial charge is 0.298 e. The first-order valence-corrected chi connectivity index (χ1v) is 4.28. The van der Waals surface area contributed by atoms with Gasteiger partial charge in [-0.25, -0.2) is 0 Å². The quantitative estimate of drug-likeness (QED) is 0.536. The molecule has 1 rings (SSSR count). The van der Waals surface area contributed by atoms with Gasteiger partial charge in [-0.1, -0.05) is 22.9 Å². The van der Waals surface area contributed by atoms with Crippen LogP contribution in [0.15, 0.2) is 0 Å². The summed E-state index contributed by atoms with van der Waals surface area (Å²) in [5.41, 5.74) is 0. The predicted molar refractivity (Wildman–Crippen MR) is 40.7 cm³/mol. The Morgan fingerprint density at radius 1 is 1.56 bits per heavy atom. The Morgan fingerprint density at radius 3 is 2.67 bits per heavy atom. The van der Waals surface area contributed by atoms with Crippen LogP contribution in [0.5, 0.6) is 0 Å². The van der Waals surface area contributed by atoms with Crippen molar-refractivity contribution in [2.24, 2.45) is 5.92 Å². The van der Waals surface area contributed by atoms with Gasteiger partial charge < -0.3 is 0 Å². The van der Waals surface area contributed by atoms with Gasteiger partial charge in [0.05, 0.1) is 4.83 Å². The molecule has 0 aliphatic heterocycles. The molecule has 1 aliphatic carbocycles. The van der Waals surface area contributed by atoms with E-state index in [1.165, 1.54) is 6.42 Å². The van der Waals surface area contributed by atoms with Crippen LogP contribution >= 0.6 is 15.9 Å². The minimum atomic E-state index is 0.161. The van der Waals surface area contributed by atoms with Crippen molar-refractivity contribution < 1.29 is 4.79 Å². The highest BCUT2D eigenvalue weighted by molar-refractivity contribution is 9.10. The third kappa shape index (κ3) is 1.78. The van der Waals surface area contributed by atoms with Crippen LogP contribution in [0.2, 0.25) is 0 Å². The van der Waals surface area contributed by atoms with E-state index in [9.17, 15) is 4.79 Å². The second-order valence-electron chi connectivity index (χ2n) is 2.82. The Kier molecular flexibility index (Phi) is 2.28. The van der Waals surface area contributed by atoms with Crippen molar-refractivity contribution in [2.45, 2.75) is 31.0 Å². The molecule has 0 unspecified atom stereocenters. The van der Waals surface area contributed by atoms with Crippen LogP contribution in [0.1, 0.15) is 26.2 Å². The highest BCUT2D eigenvalue weighted by Gasteiger charge is 2.23. The van der Waals surface area contributed by atoms with E-state index in [1.807, 2.05) is 0 Å². The molecule has 0 aromatic heterocycles. The van der Waals surface area contributed by atoms with E-state index in [0.29, 0.717) is 11.7 Å². The number of hydrogen-bond acceptors (Lipinski definition) is 1. The van der Waals surface area contributed by atoms with Gasteiger partial charge in [-0.15, -0.1) is 0 Å². The molecule has 0 N–H and O–H groups in total. The van der Waals surface area contributed by atoms with Crippen LogP contribution in [0.4, 0.5) is 0 Å². The van der Waals surface area contributed by atoms with Crippen molar-refractivity contribution in [3.8, 4) is 0 Å². The predicted octanol–water partition coefficient (Wildman–Crippen LogP) is 2.14. The lowest BCUT2D eigenvalue weighted by molar-refractivity contribution is -0.120. The van der Waals surface area contributed by atoms with Gasteiger partial charge >= 0.3 is 0 Å². The summed E-state index contributed by atoms with van der Waals surface area (Å²) in [6.45, 7) is 2.14. The molecule has 52 valence electrons. The minimum Gasteiger partial charge on any atom is -0.298 e. The fraction of sp³-hybridized carbons (Fsp3) is 0.857. The summed E-state index contributed by atoms with van der Waals surface area (Å²) in [6, 6.07) is 0. The SMILES string of the molecule is C[C@H]1CC[C@H](Br)C(=O)C1. The van der Waals surface area contributed by atoms with Crippen LogP contribution in [-0.4, -0.2) is 10.6 Å². The van der Waals surface area contributed by atoms with E-state index >= 15 is 0 Å². The minimum absolute atomic E-state index is 0.161. The highest BCUT2D eigenvalue weighted by atomic mass is 79.9. The van der Waals surface area contributed by atoms with E-state index < -0.39 is 0 Å². The summed E-state index contributed by atoms with van der Waals surface area (Å²) >= 11 is 3.33. The maximum atomic E-state index is 11.0. The summed E-state index contributed by atoms with van der Waals surface area (Å²) in [5.74, 6) is 1.00. The monoisotopic (exact) mass is 190 g/mol. The van der Waals surface area contributed by atoms with Crippen LogP contribution < -0.4 is 0 Å². The Morgan fingerprint density at radius 2 is 2.22 bits per heavy atom. The Hall–Kier alpha value is 0.150. The summed E-state index contributed by atoms with van der Waals surface area (Å²) in [5, 5.41) is 0. The van der Waals surface area contributed by atoms with E-state index in [0.717, 1.165) is 12.8 Å². The lowest BCUT2D eigenvalue weighted by Crippen LogP contribution is -2.23. The molecule has 1 fully saturated rings. The first-order chi connectivity index (χ1) is 4.20. The number of rotatable bonds is 0. The zero-order valence-electron chi connectivity index (χ0n) is 5.56. The number of alkyl halides is 1. The number of carbonyl (C=O) groups excluding carboxylic acids is 1. The van der Waals surface area contributed by atoms with Gasteiger partial charge in [-0.2, -0.15) is 0 Å². The van der Waals surface area contributed by atoms with Crippen LogP contribution in [0, 0.1) is 5.92 Å². The normalized spacial score (nSPS) is 36.9. The van der Waals surface area contributed by atoms with Gasteiger partial charge in [0.2, 0.25) is 0 Å². The zero-order valence-corrected chi connectivity index (χ0v) is 7.15. The second-order valence-corrected chi connectivity index (χ2v) is 3.93. The molecule has 0 heterocycles. The average Bonchev–Trinajstić information content (AvgIpc) is 1.80. The lowest BCUT2D eigenvalue weighted by atomic mass is 9.90.